The lowest BCUT2D eigenvalue weighted by Gasteiger charge is -2.38. The van der Waals surface area contributed by atoms with Gasteiger partial charge in [-0.1, -0.05) is 6.07 Å². The van der Waals surface area contributed by atoms with Crippen LogP contribution in [0, 0.1) is 0 Å². The van der Waals surface area contributed by atoms with Gasteiger partial charge in [0.2, 0.25) is 5.91 Å². The number of halogens is 1. The molecular weight excluding hydrogens is 328 g/mol. The van der Waals surface area contributed by atoms with Crippen molar-refractivity contribution in [1.82, 2.24) is 20.2 Å². The fourth-order valence-electron chi connectivity index (χ4n) is 3.23. The fourth-order valence-corrected chi connectivity index (χ4v) is 3.23. The Balaban J connectivity index is 0.00000208. The lowest BCUT2D eigenvalue weighted by atomic mass is 10.0. The van der Waals surface area contributed by atoms with Gasteiger partial charge in [0.15, 0.2) is 0 Å². The van der Waals surface area contributed by atoms with Gasteiger partial charge < -0.3 is 20.2 Å². The molecule has 2 heterocycles. The van der Waals surface area contributed by atoms with E-state index in [0.717, 1.165) is 42.5 Å². The minimum atomic E-state index is -0.186. The molecule has 1 aromatic carbocycles. The van der Waals surface area contributed by atoms with Crippen molar-refractivity contribution in [2.45, 2.75) is 45.2 Å². The predicted octanol–water partition coefficient (Wildman–Crippen LogP) is 1.81. The van der Waals surface area contributed by atoms with Crippen LogP contribution < -0.4 is 11.0 Å². The van der Waals surface area contributed by atoms with Gasteiger partial charge >= 0.3 is 5.69 Å². The van der Waals surface area contributed by atoms with E-state index in [1.54, 1.807) is 0 Å². The second-order valence-corrected chi connectivity index (χ2v) is 6.38. The number of imidazole rings is 1. The van der Waals surface area contributed by atoms with Crippen LogP contribution in [0.25, 0.3) is 11.0 Å². The quantitative estimate of drug-likeness (QED) is 0.785. The molecule has 1 saturated heterocycles. The van der Waals surface area contributed by atoms with Crippen LogP contribution >= 0.6 is 12.4 Å². The number of hydrogen-bond acceptors (Lipinski definition) is 3. The summed E-state index contributed by atoms with van der Waals surface area (Å²) in [5.74, 6) is 0.238. The van der Waals surface area contributed by atoms with Gasteiger partial charge in [0.25, 0.3) is 0 Å². The van der Waals surface area contributed by atoms with Gasteiger partial charge in [-0.05, 0) is 44.4 Å². The van der Waals surface area contributed by atoms with Gasteiger partial charge in [-0.3, -0.25) is 4.79 Å². The Labute approximate surface area is 147 Å². The van der Waals surface area contributed by atoms with Crippen LogP contribution in [0.2, 0.25) is 0 Å². The topological polar surface area (TPSA) is 81.0 Å². The summed E-state index contributed by atoms with van der Waals surface area (Å²) in [5.41, 5.74) is 2.60. The third-order valence-corrected chi connectivity index (χ3v) is 4.79. The summed E-state index contributed by atoms with van der Waals surface area (Å²) in [6, 6.07) is 6.49. The molecule has 2 atom stereocenters. The van der Waals surface area contributed by atoms with Crippen LogP contribution in [0.3, 0.4) is 0 Å². The fraction of sp³-hybridized carbons (Fsp3) is 0.529. The van der Waals surface area contributed by atoms with Crippen LogP contribution in [0.5, 0.6) is 0 Å². The number of nitrogens with one attached hydrogen (secondary N) is 3. The number of aromatic nitrogens is 2. The Hall–Kier alpha value is -1.79. The van der Waals surface area contributed by atoms with E-state index in [2.05, 4.69) is 29.1 Å². The molecule has 0 aliphatic carbocycles. The molecule has 7 heteroatoms. The summed E-state index contributed by atoms with van der Waals surface area (Å²) in [4.78, 5) is 31.2. The van der Waals surface area contributed by atoms with Crippen molar-refractivity contribution < 1.29 is 4.79 Å². The van der Waals surface area contributed by atoms with E-state index < -0.39 is 0 Å². The average Bonchev–Trinajstić information content (AvgIpc) is 2.89. The van der Waals surface area contributed by atoms with Crippen molar-refractivity contribution in [2.24, 2.45) is 0 Å². The van der Waals surface area contributed by atoms with Gasteiger partial charge in [-0.15, -0.1) is 12.4 Å². The van der Waals surface area contributed by atoms with Crippen molar-refractivity contribution in [2.75, 3.05) is 13.1 Å². The number of piperazine rings is 1. The molecule has 132 valence electrons. The first-order chi connectivity index (χ1) is 11.0. The number of aromatic amines is 2. The number of hydrogen-bond donors (Lipinski definition) is 3. The molecule has 0 bridgehead atoms. The van der Waals surface area contributed by atoms with E-state index in [-0.39, 0.29) is 30.0 Å². The van der Waals surface area contributed by atoms with Crippen LogP contribution in [-0.2, 0) is 11.2 Å². The third-order valence-electron chi connectivity index (χ3n) is 4.79. The Morgan fingerprint density at radius 2 is 2.00 bits per heavy atom. The zero-order chi connectivity index (χ0) is 16.4. The maximum atomic E-state index is 12.4. The summed E-state index contributed by atoms with van der Waals surface area (Å²) >= 11 is 0. The molecule has 1 aliphatic heterocycles. The maximum absolute atomic E-state index is 12.4. The van der Waals surface area contributed by atoms with Gasteiger partial charge in [-0.25, -0.2) is 4.79 Å². The number of aryl methyl sites for hydroxylation is 1. The van der Waals surface area contributed by atoms with Crippen LogP contribution in [0.1, 0.15) is 32.3 Å². The van der Waals surface area contributed by atoms with Crippen molar-refractivity contribution in [3.63, 3.8) is 0 Å². The molecule has 3 rings (SSSR count). The molecule has 0 saturated carbocycles. The first-order valence-electron chi connectivity index (χ1n) is 8.28. The van der Waals surface area contributed by atoms with Gasteiger partial charge in [0.05, 0.1) is 11.0 Å². The number of carbonyl (C=O) groups excluding carboxylic acids is 1. The van der Waals surface area contributed by atoms with Crippen molar-refractivity contribution >= 4 is 29.3 Å². The summed E-state index contributed by atoms with van der Waals surface area (Å²) in [7, 11) is 0. The molecule has 1 amide bonds. The molecule has 2 unspecified atom stereocenters. The highest BCUT2D eigenvalue weighted by atomic mass is 35.5. The Bertz CT molecular complexity index is 754. The SMILES string of the molecule is CC1NCCN(C(=O)CCCc2ccc3[nH]c(=O)[nH]c3c2)C1C.Cl. The van der Waals surface area contributed by atoms with Crippen molar-refractivity contribution in [3.8, 4) is 0 Å². The first-order valence-corrected chi connectivity index (χ1v) is 8.28. The molecular formula is C17H25ClN4O2. The number of fused-ring (bicyclic) bond motifs is 1. The normalized spacial score (nSPS) is 20.8. The molecule has 0 spiro atoms. The van der Waals surface area contributed by atoms with Gasteiger partial charge in [0.1, 0.15) is 0 Å². The molecule has 1 aliphatic rings. The number of rotatable bonds is 4. The standard InChI is InChI=1S/C17H24N4O2.ClH/c1-11-12(2)21(9-8-18-11)16(22)5-3-4-13-6-7-14-15(10-13)20-17(23)19-14;/h6-7,10-12,18H,3-5,8-9H2,1-2H3,(H2,19,20,23);1H. The molecule has 24 heavy (non-hydrogen) atoms. The van der Waals surface area contributed by atoms with Crippen LogP contribution in [0.15, 0.2) is 23.0 Å². The summed E-state index contributed by atoms with van der Waals surface area (Å²) in [6.45, 7) is 5.89. The third kappa shape index (κ3) is 3.99. The van der Waals surface area contributed by atoms with Crippen LogP contribution in [0.4, 0.5) is 0 Å². The van der Waals surface area contributed by atoms with E-state index in [4.69, 9.17) is 0 Å². The molecule has 1 fully saturated rings. The Kier molecular flexibility index (Phi) is 6.07. The number of benzene rings is 1. The van der Waals surface area contributed by atoms with Crippen LogP contribution in [-0.4, -0.2) is 45.9 Å². The minimum absolute atomic E-state index is 0. The smallest absolute Gasteiger partial charge is 0.323 e. The zero-order valence-electron chi connectivity index (χ0n) is 14.1. The minimum Gasteiger partial charge on any atom is -0.337 e. The molecule has 2 aromatic rings. The van der Waals surface area contributed by atoms with Gasteiger partial charge in [0, 0.05) is 31.6 Å². The predicted molar refractivity (Wildman–Crippen MR) is 97.7 cm³/mol. The average molecular weight is 353 g/mol. The van der Waals surface area contributed by atoms with E-state index >= 15 is 0 Å². The lowest BCUT2D eigenvalue weighted by Crippen LogP contribution is -2.57. The zero-order valence-corrected chi connectivity index (χ0v) is 14.9. The highest BCUT2D eigenvalue weighted by molar-refractivity contribution is 5.85. The van der Waals surface area contributed by atoms with E-state index in [1.807, 2.05) is 23.1 Å². The lowest BCUT2D eigenvalue weighted by molar-refractivity contribution is -0.134. The Morgan fingerprint density at radius 1 is 1.25 bits per heavy atom. The van der Waals surface area contributed by atoms with E-state index in [1.165, 1.54) is 0 Å². The summed E-state index contributed by atoms with van der Waals surface area (Å²) < 4.78 is 0. The second kappa shape index (κ2) is 7.85. The monoisotopic (exact) mass is 352 g/mol. The molecule has 0 radical (unpaired) electrons. The highest BCUT2D eigenvalue weighted by Gasteiger charge is 2.27. The molecule has 1 aromatic heterocycles. The summed E-state index contributed by atoms with van der Waals surface area (Å²) in [6.07, 6.45) is 2.23. The first kappa shape index (κ1) is 18.5. The summed E-state index contributed by atoms with van der Waals surface area (Å²) in [5, 5.41) is 3.39. The number of carbonyl (C=O) groups is 1. The number of amides is 1. The Morgan fingerprint density at radius 3 is 2.79 bits per heavy atom. The molecule has 3 N–H and O–H groups in total. The van der Waals surface area contributed by atoms with E-state index in [0.29, 0.717) is 12.5 Å². The maximum Gasteiger partial charge on any atom is 0.323 e. The van der Waals surface area contributed by atoms with Gasteiger partial charge in [-0.2, -0.15) is 0 Å². The number of H-pyrrole nitrogens is 2. The molecule has 6 nitrogen and oxygen atoms in total. The second-order valence-electron chi connectivity index (χ2n) is 6.38. The number of nitrogens with zero attached hydrogens (tertiary/aromatic N) is 1. The largest absolute Gasteiger partial charge is 0.337 e. The van der Waals surface area contributed by atoms with Crippen molar-refractivity contribution in [1.29, 1.82) is 0 Å². The van der Waals surface area contributed by atoms with E-state index in [9.17, 15) is 9.59 Å². The van der Waals surface area contributed by atoms with Crippen molar-refractivity contribution in [3.05, 3.63) is 34.2 Å². The highest BCUT2D eigenvalue weighted by Crippen LogP contribution is 2.15.